The van der Waals surface area contributed by atoms with Gasteiger partial charge in [-0.05, 0) is 63.6 Å². The van der Waals surface area contributed by atoms with Crippen molar-refractivity contribution in [1.82, 2.24) is 4.90 Å². The summed E-state index contributed by atoms with van der Waals surface area (Å²) in [6.45, 7) is 10.9. The molecular weight excluding hydrogens is 428 g/mol. The highest BCUT2D eigenvalue weighted by molar-refractivity contribution is 6.06. The van der Waals surface area contributed by atoms with Gasteiger partial charge in [-0.15, -0.1) is 0 Å². The number of carboxylic acids is 1. The fourth-order valence-electron chi connectivity index (χ4n) is 4.43. The van der Waals surface area contributed by atoms with Crippen molar-refractivity contribution < 1.29 is 19.8 Å². The van der Waals surface area contributed by atoms with Crippen molar-refractivity contribution in [1.29, 1.82) is 0 Å². The number of phenols is 1. The van der Waals surface area contributed by atoms with Crippen molar-refractivity contribution in [3.05, 3.63) is 88.7 Å². The number of likely N-dealkylation sites (N-methyl/N-ethyl adjacent to an activating group) is 1. The van der Waals surface area contributed by atoms with Crippen LogP contribution in [0.25, 0.3) is 5.57 Å². The largest absolute Gasteiger partial charge is 0.508 e. The lowest BCUT2D eigenvalue weighted by Gasteiger charge is -2.31. The molecule has 2 N–H and O–H groups in total. The van der Waals surface area contributed by atoms with E-state index < -0.39 is 5.97 Å². The van der Waals surface area contributed by atoms with Crippen LogP contribution in [0.15, 0.2) is 72.0 Å². The summed E-state index contributed by atoms with van der Waals surface area (Å²) < 4.78 is 0. The Balaban J connectivity index is 2.49. The number of ketones is 1. The number of hydrogen-bond acceptors (Lipinski definition) is 5. The van der Waals surface area contributed by atoms with Gasteiger partial charge in [-0.2, -0.15) is 0 Å². The maximum absolute atomic E-state index is 12.4. The van der Waals surface area contributed by atoms with E-state index in [1.165, 1.54) is 6.08 Å². The molecule has 3 rings (SSSR count). The van der Waals surface area contributed by atoms with Crippen LogP contribution in [-0.2, 0) is 4.79 Å². The number of hydrogen-bond donors (Lipinski definition) is 2. The van der Waals surface area contributed by atoms with Crippen molar-refractivity contribution >= 4 is 23.0 Å². The normalized spacial score (nSPS) is 14.6. The van der Waals surface area contributed by atoms with E-state index >= 15 is 0 Å². The van der Waals surface area contributed by atoms with Crippen molar-refractivity contribution in [2.75, 3.05) is 31.1 Å². The number of aromatic carboxylic acids is 1. The van der Waals surface area contributed by atoms with Crippen LogP contribution >= 0.6 is 0 Å². The minimum Gasteiger partial charge on any atom is -0.508 e. The zero-order valence-electron chi connectivity index (χ0n) is 20.2. The lowest BCUT2D eigenvalue weighted by Crippen LogP contribution is -2.26. The summed E-state index contributed by atoms with van der Waals surface area (Å²) in [6, 6.07) is 12.1. The van der Waals surface area contributed by atoms with Crippen molar-refractivity contribution in [2.45, 2.75) is 27.7 Å². The molecule has 1 aliphatic rings. The third kappa shape index (κ3) is 4.91. The Labute approximate surface area is 201 Å². The second-order valence-corrected chi connectivity index (χ2v) is 7.95. The summed E-state index contributed by atoms with van der Waals surface area (Å²) in [4.78, 5) is 28.8. The minimum atomic E-state index is -1.03. The Morgan fingerprint density at radius 2 is 1.44 bits per heavy atom. The Hall–Kier alpha value is -3.80. The molecule has 0 saturated carbocycles. The number of benzene rings is 2. The van der Waals surface area contributed by atoms with E-state index in [4.69, 9.17) is 0 Å². The molecule has 2 aromatic rings. The highest BCUT2D eigenvalue weighted by atomic mass is 16.4. The zero-order valence-corrected chi connectivity index (χ0v) is 20.2. The third-order valence-electron chi connectivity index (χ3n) is 6.12. The Kier molecular flexibility index (Phi) is 7.95. The summed E-state index contributed by atoms with van der Waals surface area (Å²) in [6.07, 6.45) is 4.91. The molecule has 6 nitrogen and oxygen atoms in total. The van der Waals surface area contributed by atoms with Gasteiger partial charge in [0.25, 0.3) is 0 Å². The monoisotopic (exact) mass is 460 g/mol. The van der Waals surface area contributed by atoms with Crippen LogP contribution in [0.1, 0.15) is 49.2 Å². The predicted octanol–water partition coefficient (Wildman–Crippen LogP) is 5.10. The van der Waals surface area contributed by atoms with E-state index in [0.29, 0.717) is 37.3 Å². The molecule has 0 atom stereocenters. The van der Waals surface area contributed by atoms with Gasteiger partial charge in [-0.1, -0.05) is 18.2 Å². The molecule has 0 unspecified atom stereocenters. The molecule has 178 valence electrons. The second-order valence-electron chi connectivity index (χ2n) is 7.95. The standard InChI is InChI=1S/C28H32N2O4/c1-5-29(6-2)25-17-19(31)13-15-23(25)27(21-11-9-10-12-22(21)28(33)34)24-16-14-20(32)18-26(24)30(7-3)8-4/h9-18,31H,5-8H2,1-4H3,(H,33,34)/b27-24+. The SMILES string of the molecule is CCN(CC)C1=CC(=O)C=C/C1=C(/c1ccccc1C(=O)O)c1ccc(O)cc1N(CC)CC. The maximum Gasteiger partial charge on any atom is 0.336 e. The van der Waals surface area contributed by atoms with Gasteiger partial charge in [0, 0.05) is 66.4 Å². The summed E-state index contributed by atoms with van der Waals surface area (Å²) in [5.41, 5.74) is 4.57. The maximum atomic E-state index is 12.4. The second kappa shape index (κ2) is 10.9. The smallest absolute Gasteiger partial charge is 0.336 e. The molecule has 0 aromatic heterocycles. The molecule has 6 heteroatoms. The number of carboxylic acid groups (broad SMARTS) is 1. The van der Waals surface area contributed by atoms with E-state index in [1.807, 2.05) is 39.8 Å². The summed E-state index contributed by atoms with van der Waals surface area (Å²) in [5, 5.41) is 20.3. The third-order valence-corrected chi connectivity index (χ3v) is 6.12. The quantitative estimate of drug-likeness (QED) is 0.542. The number of aromatic hydroxyl groups is 1. The zero-order chi connectivity index (χ0) is 24.8. The van der Waals surface area contributed by atoms with Gasteiger partial charge < -0.3 is 20.0 Å². The summed E-state index contributed by atoms with van der Waals surface area (Å²) in [5.74, 6) is -0.998. The van der Waals surface area contributed by atoms with Gasteiger partial charge in [-0.25, -0.2) is 4.79 Å². The van der Waals surface area contributed by atoms with Gasteiger partial charge >= 0.3 is 5.97 Å². The van der Waals surface area contributed by atoms with Crippen LogP contribution in [-0.4, -0.2) is 53.0 Å². The van der Waals surface area contributed by atoms with Gasteiger partial charge in [0.15, 0.2) is 5.78 Å². The number of rotatable bonds is 9. The molecule has 0 fully saturated rings. The molecule has 0 heterocycles. The van der Waals surface area contributed by atoms with E-state index in [2.05, 4.69) is 9.80 Å². The molecule has 0 amide bonds. The highest BCUT2D eigenvalue weighted by Gasteiger charge is 2.26. The number of phenolic OH excluding ortho intramolecular Hbond substituents is 1. The minimum absolute atomic E-state index is 0.105. The van der Waals surface area contributed by atoms with Crippen LogP contribution in [0.4, 0.5) is 5.69 Å². The first-order chi connectivity index (χ1) is 16.4. The molecule has 0 saturated heterocycles. The van der Waals surface area contributed by atoms with Crippen LogP contribution in [0.2, 0.25) is 0 Å². The topological polar surface area (TPSA) is 81.1 Å². The predicted molar refractivity (Wildman–Crippen MR) is 136 cm³/mol. The van der Waals surface area contributed by atoms with Gasteiger partial charge in [0.1, 0.15) is 5.75 Å². The number of allylic oxidation sites excluding steroid dienone is 3. The number of nitrogens with zero attached hydrogens (tertiary/aromatic N) is 2. The van der Waals surface area contributed by atoms with E-state index in [1.54, 1.807) is 42.5 Å². The first-order valence-electron chi connectivity index (χ1n) is 11.7. The lowest BCUT2D eigenvalue weighted by molar-refractivity contribution is -0.110. The van der Waals surface area contributed by atoms with Crippen molar-refractivity contribution in [2.24, 2.45) is 0 Å². The molecule has 0 radical (unpaired) electrons. The van der Waals surface area contributed by atoms with Gasteiger partial charge in [0.2, 0.25) is 0 Å². The Bertz CT molecular complexity index is 1170. The average Bonchev–Trinajstić information content (AvgIpc) is 2.83. The highest BCUT2D eigenvalue weighted by Crippen LogP contribution is 2.41. The molecule has 1 aliphatic carbocycles. The Morgan fingerprint density at radius 1 is 0.824 bits per heavy atom. The fraction of sp³-hybridized carbons (Fsp3) is 0.286. The van der Waals surface area contributed by atoms with Gasteiger partial charge in [0.05, 0.1) is 5.56 Å². The lowest BCUT2D eigenvalue weighted by atomic mass is 9.85. The van der Waals surface area contributed by atoms with E-state index in [9.17, 15) is 19.8 Å². The molecule has 0 aliphatic heterocycles. The molecule has 0 bridgehead atoms. The van der Waals surface area contributed by atoms with E-state index in [-0.39, 0.29) is 17.1 Å². The van der Waals surface area contributed by atoms with Crippen LogP contribution in [0.3, 0.4) is 0 Å². The van der Waals surface area contributed by atoms with Crippen molar-refractivity contribution in [3.63, 3.8) is 0 Å². The Morgan fingerprint density at radius 3 is 2.03 bits per heavy atom. The fourth-order valence-corrected chi connectivity index (χ4v) is 4.43. The number of carbonyl (C=O) groups excluding carboxylic acids is 1. The van der Waals surface area contributed by atoms with Crippen LogP contribution in [0.5, 0.6) is 5.75 Å². The van der Waals surface area contributed by atoms with E-state index in [0.717, 1.165) is 22.5 Å². The summed E-state index contributed by atoms with van der Waals surface area (Å²) in [7, 11) is 0. The molecule has 0 spiro atoms. The van der Waals surface area contributed by atoms with Crippen LogP contribution < -0.4 is 4.90 Å². The molecule has 34 heavy (non-hydrogen) atoms. The number of carbonyl (C=O) groups is 2. The van der Waals surface area contributed by atoms with Crippen molar-refractivity contribution in [3.8, 4) is 5.75 Å². The van der Waals surface area contributed by atoms with Crippen LogP contribution in [0, 0.1) is 0 Å². The first kappa shape index (κ1) is 24.8. The van der Waals surface area contributed by atoms with Gasteiger partial charge in [-0.3, -0.25) is 4.79 Å². The number of anilines is 1. The molecular formula is C28H32N2O4. The average molecular weight is 461 g/mol. The summed E-state index contributed by atoms with van der Waals surface area (Å²) >= 11 is 0. The molecule has 2 aromatic carbocycles. The first-order valence-corrected chi connectivity index (χ1v) is 11.7.